The van der Waals surface area contributed by atoms with E-state index in [1.165, 1.54) is 38.5 Å². The van der Waals surface area contributed by atoms with Gasteiger partial charge in [-0.1, -0.05) is 19.8 Å². The molecule has 0 bridgehead atoms. The van der Waals surface area contributed by atoms with E-state index in [9.17, 15) is 4.79 Å². The predicted octanol–water partition coefficient (Wildman–Crippen LogP) is 4.86. The zero-order valence-corrected chi connectivity index (χ0v) is 13.2. The first-order valence-electron chi connectivity index (χ1n) is 8.04. The molecule has 1 unspecified atom stereocenters. The second-order valence-corrected chi connectivity index (χ2v) is 7.81. The minimum atomic E-state index is -0.344. The van der Waals surface area contributed by atoms with Crippen molar-refractivity contribution in [3.05, 3.63) is 0 Å². The van der Waals surface area contributed by atoms with Gasteiger partial charge in [0.2, 0.25) is 0 Å². The summed E-state index contributed by atoms with van der Waals surface area (Å²) in [6.07, 6.45) is 11.0. The Balaban J connectivity index is 2.04. The molecule has 2 rings (SSSR count). The Morgan fingerprint density at radius 3 is 2.26 bits per heavy atom. The number of carbonyl (C=O) groups excluding carboxylic acids is 1. The van der Waals surface area contributed by atoms with Gasteiger partial charge in [-0.2, -0.15) is 0 Å². The predicted molar refractivity (Wildman–Crippen MR) is 77.9 cm³/mol. The first-order chi connectivity index (χ1) is 8.81. The molecule has 2 nitrogen and oxygen atoms in total. The number of esters is 1. The third-order valence-corrected chi connectivity index (χ3v) is 5.60. The summed E-state index contributed by atoms with van der Waals surface area (Å²) in [5.74, 6) is -0.00690. The lowest BCUT2D eigenvalue weighted by Crippen LogP contribution is -2.44. The van der Waals surface area contributed by atoms with E-state index in [1.807, 2.05) is 13.8 Å². The van der Waals surface area contributed by atoms with Crippen LogP contribution in [0.3, 0.4) is 0 Å². The standard InChI is InChI=1S/C17H30O2/c1-5-15(2,3)14(18)19-16(4)9-8-12-17(13-16)10-6-7-11-17/h5-13H2,1-4H3. The molecule has 2 saturated carbocycles. The molecule has 0 N–H and O–H groups in total. The molecule has 0 radical (unpaired) electrons. The van der Waals surface area contributed by atoms with Crippen molar-refractivity contribution in [2.45, 2.75) is 91.1 Å². The van der Waals surface area contributed by atoms with Crippen LogP contribution in [0.4, 0.5) is 0 Å². The largest absolute Gasteiger partial charge is 0.459 e. The Morgan fingerprint density at radius 1 is 1.11 bits per heavy atom. The molecular weight excluding hydrogens is 236 g/mol. The van der Waals surface area contributed by atoms with Crippen molar-refractivity contribution >= 4 is 5.97 Å². The molecule has 0 aromatic rings. The van der Waals surface area contributed by atoms with Gasteiger partial charge in [-0.3, -0.25) is 4.79 Å². The fraction of sp³-hybridized carbons (Fsp3) is 0.941. The fourth-order valence-electron chi connectivity index (χ4n) is 3.95. The zero-order chi connectivity index (χ0) is 14.1. The van der Waals surface area contributed by atoms with E-state index >= 15 is 0 Å². The van der Waals surface area contributed by atoms with E-state index < -0.39 is 0 Å². The van der Waals surface area contributed by atoms with Crippen molar-refractivity contribution in [1.82, 2.24) is 0 Å². The molecule has 0 aromatic carbocycles. The van der Waals surface area contributed by atoms with Crippen molar-refractivity contribution in [3.8, 4) is 0 Å². The van der Waals surface area contributed by atoms with Gasteiger partial charge in [0.05, 0.1) is 5.41 Å². The van der Waals surface area contributed by atoms with Crippen LogP contribution in [0.15, 0.2) is 0 Å². The molecule has 2 fully saturated rings. The minimum absolute atomic E-state index is 0.00690. The van der Waals surface area contributed by atoms with E-state index in [-0.39, 0.29) is 17.0 Å². The van der Waals surface area contributed by atoms with Crippen molar-refractivity contribution in [1.29, 1.82) is 0 Å². The average Bonchev–Trinajstić information content (AvgIpc) is 2.76. The fourth-order valence-corrected chi connectivity index (χ4v) is 3.95. The molecule has 2 aliphatic carbocycles. The van der Waals surface area contributed by atoms with Crippen LogP contribution in [0.25, 0.3) is 0 Å². The van der Waals surface area contributed by atoms with Crippen LogP contribution in [0.5, 0.6) is 0 Å². The number of hydrogen-bond donors (Lipinski definition) is 0. The smallest absolute Gasteiger partial charge is 0.312 e. The van der Waals surface area contributed by atoms with E-state index in [0.29, 0.717) is 5.41 Å². The van der Waals surface area contributed by atoms with Gasteiger partial charge >= 0.3 is 5.97 Å². The van der Waals surface area contributed by atoms with Gasteiger partial charge < -0.3 is 4.74 Å². The van der Waals surface area contributed by atoms with Crippen LogP contribution >= 0.6 is 0 Å². The van der Waals surface area contributed by atoms with Gasteiger partial charge in [0.15, 0.2) is 0 Å². The third kappa shape index (κ3) is 3.14. The van der Waals surface area contributed by atoms with Crippen LogP contribution in [0, 0.1) is 10.8 Å². The molecule has 1 atom stereocenters. The number of hydrogen-bond acceptors (Lipinski definition) is 2. The lowest BCUT2D eigenvalue weighted by atomic mass is 9.67. The van der Waals surface area contributed by atoms with Crippen molar-refractivity contribution < 1.29 is 9.53 Å². The summed E-state index contributed by atoms with van der Waals surface area (Å²) in [6.45, 7) is 8.21. The number of ether oxygens (including phenoxy) is 1. The topological polar surface area (TPSA) is 26.3 Å². The molecule has 0 aromatic heterocycles. The monoisotopic (exact) mass is 266 g/mol. The first kappa shape index (κ1) is 14.9. The Kier molecular flexibility index (Phi) is 3.99. The number of rotatable bonds is 3. The van der Waals surface area contributed by atoms with E-state index in [2.05, 4.69) is 13.8 Å². The van der Waals surface area contributed by atoms with Crippen molar-refractivity contribution in [2.75, 3.05) is 0 Å². The quantitative estimate of drug-likeness (QED) is 0.682. The van der Waals surface area contributed by atoms with Gasteiger partial charge in [0.1, 0.15) is 5.60 Å². The molecule has 0 aliphatic heterocycles. The highest BCUT2D eigenvalue weighted by atomic mass is 16.6. The maximum absolute atomic E-state index is 12.4. The Hall–Kier alpha value is -0.530. The van der Waals surface area contributed by atoms with Gasteiger partial charge in [0, 0.05) is 0 Å². The van der Waals surface area contributed by atoms with Crippen LogP contribution in [0.2, 0.25) is 0 Å². The van der Waals surface area contributed by atoms with E-state index in [0.717, 1.165) is 19.3 Å². The van der Waals surface area contributed by atoms with Crippen molar-refractivity contribution in [3.63, 3.8) is 0 Å². The first-order valence-corrected chi connectivity index (χ1v) is 8.04. The maximum Gasteiger partial charge on any atom is 0.312 e. The zero-order valence-electron chi connectivity index (χ0n) is 13.2. The van der Waals surface area contributed by atoms with Gasteiger partial charge in [-0.05, 0) is 71.1 Å². The summed E-state index contributed by atoms with van der Waals surface area (Å²) in [4.78, 5) is 12.4. The highest BCUT2D eigenvalue weighted by molar-refractivity contribution is 5.76. The molecular formula is C17H30O2. The molecule has 0 saturated heterocycles. The normalized spacial score (nSPS) is 30.5. The Labute approximate surface area is 118 Å². The summed E-state index contributed by atoms with van der Waals surface area (Å²) >= 11 is 0. The maximum atomic E-state index is 12.4. The average molecular weight is 266 g/mol. The minimum Gasteiger partial charge on any atom is -0.459 e. The van der Waals surface area contributed by atoms with Crippen molar-refractivity contribution in [2.24, 2.45) is 10.8 Å². The van der Waals surface area contributed by atoms with Crippen LogP contribution < -0.4 is 0 Å². The third-order valence-electron chi connectivity index (χ3n) is 5.60. The van der Waals surface area contributed by atoms with Gasteiger partial charge in [-0.25, -0.2) is 0 Å². The molecule has 110 valence electrons. The Bertz CT molecular complexity index is 339. The lowest BCUT2D eigenvalue weighted by molar-refractivity contribution is -0.176. The summed E-state index contributed by atoms with van der Waals surface area (Å²) in [5, 5.41) is 0. The van der Waals surface area contributed by atoms with Gasteiger partial charge in [-0.15, -0.1) is 0 Å². The summed E-state index contributed by atoms with van der Waals surface area (Å²) in [7, 11) is 0. The SMILES string of the molecule is CCC(C)(C)C(=O)OC1(C)CCCC2(CCCC2)C1. The van der Waals surface area contributed by atoms with Crippen LogP contribution in [-0.2, 0) is 9.53 Å². The van der Waals surface area contributed by atoms with Gasteiger partial charge in [0.25, 0.3) is 0 Å². The molecule has 19 heavy (non-hydrogen) atoms. The molecule has 0 amide bonds. The number of carbonyl (C=O) groups is 1. The Morgan fingerprint density at radius 2 is 1.68 bits per heavy atom. The second kappa shape index (κ2) is 5.10. The molecule has 2 aliphatic rings. The molecule has 1 spiro atoms. The van der Waals surface area contributed by atoms with E-state index in [4.69, 9.17) is 4.74 Å². The van der Waals surface area contributed by atoms with Crippen LogP contribution in [-0.4, -0.2) is 11.6 Å². The van der Waals surface area contributed by atoms with Crippen LogP contribution in [0.1, 0.15) is 85.5 Å². The highest BCUT2D eigenvalue weighted by Crippen LogP contribution is 2.53. The lowest BCUT2D eigenvalue weighted by Gasteiger charge is -2.45. The molecule has 0 heterocycles. The summed E-state index contributed by atoms with van der Waals surface area (Å²) < 4.78 is 5.98. The van der Waals surface area contributed by atoms with E-state index in [1.54, 1.807) is 0 Å². The molecule has 2 heteroatoms. The second-order valence-electron chi connectivity index (χ2n) is 7.81. The summed E-state index contributed by atoms with van der Waals surface area (Å²) in [6, 6.07) is 0. The summed E-state index contributed by atoms with van der Waals surface area (Å²) in [5.41, 5.74) is -0.0704. The highest BCUT2D eigenvalue weighted by Gasteiger charge is 2.46.